The molecule has 0 saturated carbocycles. The number of aryl methyl sites for hydroxylation is 1. The number of anilines is 1. The monoisotopic (exact) mass is 234 g/mol. The minimum Gasteiger partial charge on any atom is -0.357 e. The molecule has 0 bridgehead atoms. The lowest BCUT2D eigenvalue weighted by atomic mass is 10.1. The van der Waals surface area contributed by atoms with E-state index < -0.39 is 0 Å². The first kappa shape index (κ1) is 12.3. The molecule has 2 heterocycles. The van der Waals surface area contributed by atoms with Crippen molar-refractivity contribution in [1.29, 1.82) is 0 Å². The third kappa shape index (κ3) is 2.41. The molecule has 0 unspecified atom stereocenters. The number of hydrogen-bond acceptors (Lipinski definition) is 4. The van der Waals surface area contributed by atoms with Crippen LogP contribution in [0, 0.1) is 0 Å². The number of nitrogens with one attached hydrogen (secondary N) is 1. The molecule has 1 aromatic heterocycles. The van der Waals surface area contributed by atoms with E-state index in [-0.39, 0.29) is 0 Å². The first-order valence-electron chi connectivity index (χ1n) is 6.64. The van der Waals surface area contributed by atoms with E-state index in [0.29, 0.717) is 0 Å². The Kier molecular flexibility index (Phi) is 3.94. The van der Waals surface area contributed by atoms with Crippen LogP contribution in [0.2, 0.25) is 0 Å². The lowest BCUT2D eigenvalue weighted by molar-refractivity contribution is 0.616. The summed E-state index contributed by atoms with van der Waals surface area (Å²) in [7, 11) is 0. The molecule has 0 amide bonds. The molecular formula is C13H22N4. The van der Waals surface area contributed by atoms with E-state index in [1.54, 1.807) is 0 Å². The highest BCUT2D eigenvalue weighted by Gasteiger charge is 2.19. The fourth-order valence-electron chi connectivity index (χ4n) is 2.32. The van der Waals surface area contributed by atoms with E-state index in [1.807, 2.05) is 0 Å². The van der Waals surface area contributed by atoms with Crippen LogP contribution in [-0.4, -0.2) is 29.6 Å². The van der Waals surface area contributed by atoms with Crippen molar-refractivity contribution >= 4 is 5.82 Å². The van der Waals surface area contributed by atoms with Crippen molar-refractivity contribution < 1.29 is 0 Å². The van der Waals surface area contributed by atoms with E-state index in [4.69, 9.17) is 4.98 Å². The van der Waals surface area contributed by atoms with Gasteiger partial charge >= 0.3 is 0 Å². The Morgan fingerprint density at radius 2 is 1.94 bits per heavy atom. The second-order valence-electron chi connectivity index (χ2n) is 4.34. The fourth-order valence-corrected chi connectivity index (χ4v) is 2.32. The lowest BCUT2D eigenvalue weighted by Crippen LogP contribution is -2.31. The molecule has 2 rings (SSSR count). The van der Waals surface area contributed by atoms with Crippen LogP contribution in [-0.2, 0) is 19.4 Å². The molecule has 0 atom stereocenters. The number of hydrogen-bond donors (Lipinski definition) is 1. The number of aromatic nitrogens is 2. The van der Waals surface area contributed by atoms with Gasteiger partial charge in [0.15, 0.2) is 0 Å². The average Bonchev–Trinajstić information content (AvgIpc) is 2.39. The fraction of sp³-hybridized carbons (Fsp3) is 0.692. The zero-order chi connectivity index (χ0) is 12.3. The third-order valence-electron chi connectivity index (χ3n) is 3.34. The highest BCUT2D eigenvalue weighted by atomic mass is 15.2. The van der Waals surface area contributed by atoms with Gasteiger partial charge < -0.3 is 10.2 Å². The Hall–Kier alpha value is -1.16. The maximum Gasteiger partial charge on any atom is 0.137 e. The lowest BCUT2D eigenvalue weighted by Gasteiger charge is -2.27. The standard InChI is InChI=1S/C13H22N4/c1-4-12-15-11-7-8-14-9-10(11)13(16-12)17(5-2)6-3/h14H,4-9H2,1-3H3. The summed E-state index contributed by atoms with van der Waals surface area (Å²) in [5.74, 6) is 2.12. The van der Waals surface area contributed by atoms with Crippen LogP contribution in [0.15, 0.2) is 0 Å². The Morgan fingerprint density at radius 3 is 2.59 bits per heavy atom. The number of nitrogens with zero attached hydrogens (tertiary/aromatic N) is 3. The summed E-state index contributed by atoms with van der Waals surface area (Å²) in [5, 5.41) is 3.42. The minimum absolute atomic E-state index is 0.908. The van der Waals surface area contributed by atoms with Crippen LogP contribution in [0.1, 0.15) is 37.9 Å². The van der Waals surface area contributed by atoms with Gasteiger partial charge in [0.05, 0.1) is 5.69 Å². The summed E-state index contributed by atoms with van der Waals surface area (Å²) in [6.07, 6.45) is 1.94. The van der Waals surface area contributed by atoms with E-state index in [2.05, 4.69) is 36.0 Å². The maximum absolute atomic E-state index is 4.72. The summed E-state index contributed by atoms with van der Waals surface area (Å²) < 4.78 is 0. The molecule has 1 aliphatic heterocycles. The van der Waals surface area contributed by atoms with E-state index >= 15 is 0 Å². The van der Waals surface area contributed by atoms with E-state index in [1.165, 1.54) is 11.3 Å². The van der Waals surface area contributed by atoms with Gasteiger partial charge in [-0.1, -0.05) is 6.92 Å². The Morgan fingerprint density at radius 1 is 1.18 bits per heavy atom. The Labute approximate surface area is 103 Å². The van der Waals surface area contributed by atoms with Gasteiger partial charge in [0.2, 0.25) is 0 Å². The third-order valence-corrected chi connectivity index (χ3v) is 3.34. The minimum atomic E-state index is 0.908. The second-order valence-corrected chi connectivity index (χ2v) is 4.34. The van der Waals surface area contributed by atoms with Gasteiger partial charge in [-0.2, -0.15) is 0 Å². The van der Waals surface area contributed by atoms with Crippen molar-refractivity contribution in [2.24, 2.45) is 0 Å². The summed E-state index contributed by atoms with van der Waals surface area (Å²) in [6, 6.07) is 0. The summed E-state index contributed by atoms with van der Waals surface area (Å²) in [5.41, 5.74) is 2.55. The van der Waals surface area contributed by atoms with Gasteiger partial charge in [-0.15, -0.1) is 0 Å². The highest BCUT2D eigenvalue weighted by Crippen LogP contribution is 2.23. The van der Waals surface area contributed by atoms with Crippen LogP contribution < -0.4 is 10.2 Å². The second kappa shape index (κ2) is 5.45. The van der Waals surface area contributed by atoms with Crippen molar-refractivity contribution in [3.05, 3.63) is 17.1 Å². The molecule has 1 aromatic rings. The topological polar surface area (TPSA) is 41.1 Å². The quantitative estimate of drug-likeness (QED) is 0.858. The first-order chi connectivity index (χ1) is 8.30. The molecule has 4 heteroatoms. The van der Waals surface area contributed by atoms with Gasteiger partial charge in [-0.05, 0) is 13.8 Å². The largest absolute Gasteiger partial charge is 0.357 e. The average molecular weight is 234 g/mol. The molecule has 0 saturated heterocycles. The molecule has 0 aromatic carbocycles. The summed E-state index contributed by atoms with van der Waals surface area (Å²) >= 11 is 0. The molecule has 1 aliphatic rings. The molecule has 4 nitrogen and oxygen atoms in total. The van der Waals surface area contributed by atoms with Gasteiger partial charge in [-0.25, -0.2) is 9.97 Å². The Bertz CT molecular complexity index is 385. The SMILES string of the molecule is CCc1nc2c(c(N(CC)CC)n1)CNCC2. The van der Waals surface area contributed by atoms with Crippen LogP contribution in [0.5, 0.6) is 0 Å². The molecule has 0 radical (unpaired) electrons. The van der Waals surface area contributed by atoms with Crippen molar-refractivity contribution in [2.75, 3.05) is 24.5 Å². The molecule has 17 heavy (non-hydrogen) atoms. The van der Waals surface area contributed by atoms with Crippen LogP contribution in [0.4, 0.5) is 5.82 Å². The van der Waals surface area contributed by atoms with Gasteiger partial charge in [0.1, 0.15) is 11.6 Å². The van der Waals surface area contributed by atoms with Gasteiger partial charge in [0, 0.05) is 44.6 Å². The predicted octanol–water partition coefficient (Wildman–Crippen LogP) is 1.53. The molecular weight excluding hydrogens is 212 g/mol. The van der Waals surface area contributed by atoms with E-state index in [0.717, 1.165) is 50.7 Å². The molecule has 1 N–H and O–H groups in total. The van der Waals surface area contributed by atoms with Crippen LogP contribution in [0.3, 0.4) is 0 Å². The highest BCUT2D eigenvalue weighted by molar-refractivity contribution is 5.50. The van der Waals surface area contributed by atoms with E-state index in [9.17, 15) is 0 Å². The molecule has 0 aliphatic carbocycles. The zero-order valence-electron chi connectivity index (χ0n) is 11.1. The zero-order valence-corrected chi connectivity index (χ0v) is 11.1. The summed E-state index contributed by atoms with van der Waals surface area (Å²) in [4.78, 5) is 11.7. The number of fused-ring (bicyclic) bond motifs is 1. The van der Waals surface area contributed by atoms with Crippen LogP contribution >= 0.6 is 0 Å². The maximum atomic E-state index is 4.72. The first-order valence-corrected chi connectivity index (χ1v) is 6.64. The Balaban J connectivity index is 2.47. The van der Waals surface area contributed by atoms with Crippen molar-refractivity contribution in [2.45, 2.75) is 40.2 Å². The van der Waals surface area contributed by atoms with Crippen LogP contribution in [0.25, 0.3) is 0 Å². The smallest absolute Gasteiger partial charge is 0.137 e. The van der Waals surface area contributed by atoms with Crippen molar-refractivity contribution in [3.63, 3.8) is 0 Å². The van der Waals surface area contributed by atoms with Crippen molar-refractivity contribution in [1.82, 2.24) is 15.3 Å². The summed E-state index contributed by atoms with van der Waals surface area (Å²) in [6.45, 7) is 10.4. The van der Waals surface area contributed by atoms with Crippen molar-refractivity contribution in [3.8, 4) is 0 Å². The molecule has 0 spiro atoms. The number of rotatable bonds is 4. The normalized spacial score (nSPS) is 14.5. The van der Waals surface area contributed by atoms with Gasteiger partial charge in [-0.3, -0.25) is 0 Å². The molecule has 0 fully saturated rings. The predicted molar refractivity (Wildman–Crippen MR) is 70.4 cm³/mol. The molecule has 94 valence electrons. The van der Waals surface area contributed by atoms with Gasteiger partial charge in [0.25, 0.3) is 0 Å².